The van der Waals surface area contributed by atoms with Crippen LogP contribution in [0.15, 0.2) is 6.07 Å². The van der Waals surface area contributed by atoms with E-state index in [1.165, 1.54) is 13.2 Å². The predicted octanol–water partition coefficient (Wildman–Crippen LogP) is 4.05. The van der Waals surface area contributed by atoms with E-state index in [0.717, 1.165) is 0 Å². The molecular formula is C13H15Cl2NO5. The number of hydrogen-bond acceptors (Lipinski definition) is 4. The van der Waals surface area contributed by atoms with Gasteiger partial charge < -0.3 is 14.6 Å². The highest BCUT2D eigenvalue weighted by Crippen LogP contribution is 2.40. The zero-order valence-corrected chi connectivity index (χ0v) is 13.4. The summed E-state index contributed by atoms with van der Waals surface area (Å²) in [5.74, 6) is -1.31. The maximum atomic E-state index is 11.7. The summed E-state index contributed by atoms with van der Waals surface area (Å²) in [7, 11) is 1.31. The van der Waals surface area contributed by atoms with Crippen LogP contribution in [0.1, 0.15) is 31.1 Å². The zero-order valence-electron chi connectivity index (χ0n) is 11.9. The first-order chi connectivity index (χ1) is 9.56. The molecule has 8 heteroatoms. The summed E-state index contributed by atoms with van der Waals surface area (Å²) in [5.41, 5.74) is -1.13. The molecule has 0 fully saturated rings. The molecule has 116 valence electrons. The minimum atomic E-state index is -1.33. The number of halogens is 2. The lowest BCUT2D eigenvalue weighted by atomic mass is 10.1. The number of ether oxygens (including phenoxy) is 2. The smallest absolute Gasteiger partial charge is 0.412 e. The number of carboxylic acid groups (broad SMARTS) is 1. The summed E-state index contributed by atoms with van der Waals surface area (Å²) in [4.78, 5) is 23.0. The fraction of sp³-hybridized carbons (Fsp3) is 0.385. The predicted molar refractivity (Wildman–Crippen MR) is 79.8 cm³/mol. The minimum absolute atomic E-state index is 0.0190. The summed E-state index contributed by atoms with van der Waals surface area (Å²) < 4.78 is 9.99. The van der Waals surface area contributed by atoms with Crippen LogP contribution in [0.2, 0.25) is 10.0 Å². The Kier molecular flexibility index (Phi) is 5.31. The van der Waals surface area contributed by atoms with E-state index in [4.69, 9.17) is 32.7 Å². The Balaban J connectivity index is 3.24. The molecule has 0 spiro atoms. The molecule has 0 aliphatic carbocycles. The van der Waals surface area contributed by atoms with Crippen molar-refractivity contribution in [2.75, 3.05) is 12.4 Å². The maximum absolute atomic E-state index is 11.7. The highest BCUT2D eigenvalue weighted by Gasteiger charge is 2.24. The van der Waals surface area contributed by atoms with Gasteiger partial charge in [0.2, 0.25) is 0 Å². The van der Waals surface area contributed by atoms with Gasteiger partial charge >= 0.3 is 12.1 Å². The van der Waals surface area contributed by atoms with E-state index in [2.05, 4.69) is 5.32 Å². The number of nitrogens with one attached hydrogen (secondary N) is 1. The van der Waals surface area contributed by atoms with Crippen LogP contribution in [0, 0.1) is 0 Å². The van der Waals surface area contributed by atoms with Crippen molar-refractivity contribution in [3.63, 3.8) is 0 Å². The van der Waals surface area contributed by atoms with Crippen LogP contribution in [-0.4, -0.2) is 29.9 Å². The van der Waals surface area contributed by atoms with E-state index in [1.807, 2.05) is 0 Å². The number of anilines is 1. The Morgan fingerprint density at radius 2 is 1.86 bits per heavy atom. The molecule has 0 saturated heterocycles. The minimum Gasteiger partial charge on any atom is -0.494 e. The van der Waals surface area contributed by atoms with Crippen LogP contribution in [0.3, 0.4) is 0 Å². The van der Waals surface area contributed by atoms with Crippen LogP contribution >= 0.6 is 23.2 Å². The largest absolute Gasteiger partial charge is 0.494 e. The molecule has 1 amide bonds. The lowest BCUT2D eigenvalue weighted by Gasteiger charge is -2.20. The van der Waals surface area contributed by atoms with Crippen molar-refractivity contribution >= 4 is 41.0 Å². The van der Waals surface area contributed by atoms with Crippen molar-refractivity contribution in [1.29, 1.82) is 0 Å². The summed E-state index contributed by atoms with van der Waals surface area (Å²) in [6.45, 7) is 5.04. The third-order valence-corrected chi connectivity index (χ3v) is 2.87. The molecule has 0 saturated carbocycles. The Hall–Kier alpha value is -1.66. The normalized spacial score (nSPS) is 11.0. The summed E-state index contributed by atoms with van der Waals surface area (Å²) in [6.07, 6.45) is -0.817. The number of amides is 1. The zero-order chi connectivity index (χ0) is 16.4. The number of carbonyl (C=O) groups excluding carboxylic acids is 1. The molecule has 21 heavy (non-hydrogen) atoms. The highest BCUT2D eigenvalue weighted by molar-refractivity contribution is 6.40. The maximum Gasteiger partial charge on any atom is 0.412 e. The van der Waals surface area contributed by atoms with E-state index in [-0.39, 0.29) is 27.0 Å². The van der Waals surface area contributed by atoms with Crippen molar-refractivity contribution in [3.05, 3.63) is 21.7 Å². The number of aromatic carboxylic acids is 1. The van der Waals surface area contributed by atoms with Crippen molar-refractivity contribution in [2.24, 2.45) is 0 Å². The van der Waals surface area contributed by atoms with E-state index < -0.39 is 17.7 Å². The number of methoxy groups -OCH3 is 1. The van der Waals surface area contributed by atoms with Gasteiger partial charge in [-0.15, -0.1) is 0 Å². The van der Waals surface area contributed by atoms with E-state index >= 15 is 0 Å². The molecule has 0 atom stereocenters. The van der Waals surface area contributed by atoms with E-state index in [0.29, 0.717) is 0 Å². The highest BCUT2D eigenvalue weighted by atomic mass is 35.5. The second kappa shape index (κ2) is 6.41. The molecule has 6 nitrogen and oxygen atoms in total. The van der Waals surface area contributed by atoms with Crippen LogP contribution < -0.4 is 10.1 Å². The van der Waals surface area contributed by atoms with Crippen LogP contribution in [0.4, 0.5) is 10.5 Å². The van der Waals surface area contributed by atoms with Crippen molar-refractivity contribution in [3.8, 4) is 5.75 Å². The summed E-state index contributed by atoms with van der Waals surface area (Å²) in [6, 6.07) is 1.24. The molecule has 0 radical (unpaired) electrons. The average Bonchev–Trinajstić information content (AvgIpc) is 2.25. The van der Waals surface area contributed by atoms with E-state index in [1.54, 1.807) is 20.8 Å². The molecule has 2 N–H and O–H groups in total. The molecular weight excluding hydrogens is 321 g/mol. The average molecular weight is 336 g/mol. The Labute approximate surface area is 131 Å². The molecule has 0 heterocycles. The monoisotopic (exact) mass is 335 g/mol. The number of benzene rings is 1. The fourth-order valence-corrected chi connectivity index (χ4v) is 2.20. The number of carboxylic acids is 1. The fourth-order valence-electron chi connectivity index (χ4n) is 1.51. The molecule has 0 unspecified atom stereocenters. The Morgan fingerprint density at radius 1 is 1.29 bits per heavy atom. The van der Waals surface area contributed by atoms with Gasteiger partial charge in [0.25, 0.3) is 0 Å². The first kappa shape index (κ1) is 17.4. The van der Waals surface area contributed by atoms with Crippen molar-refractivity contribution in [2.45, 2.75) is 26.4 Å². The van der Waals surface area contributed by atoms with Crippen LogP contribution in [0.5, 0.6) is 5.75 Å². The SMILES string of the molecule is COc1c(Cl)cc(NC(=O)OC(C)(C)C)c(C(=O)O)c1Cl. The topological polar surface area (TPSA) is 84.9 Å². The molecule has 1 aromatic carbocycles. The van der Waals surface area contributed by atoms with Gasteiger partial charge in [-0.25, -0.2) is 9.59 Å². The standard InChI is InChI=1S/C13H15Cl2NO5/c1-13(2,3)21-12(19)16-7-5-6(14)10(20-4)9(15)8(7)11(17)18/h5H,1-4H3,(H,16,19)(H,17,18). The van der Waals surface area contributed by atoms with Crippen LogP contribution in [-0.2, 0) is 4.74 Å². The molecule has 0 aliphatic rings. The van der Waals surface area contributed by atoms with Crippen LogP contribution in [0.25, 0.3) is 0 Å². The molecule has 0 bridgehead atoms. The van der Waals surface area contributed by atoms with Gasteiger partial charge in [-0.1, -0.05) is 23.2 Å². The summed E-state index contributed by atoms with van der Waals surface area (Å²) in [5, 5.41) is 11.4. The van der Waals surface area contributed by atoms with Crippen molar-refractivity contribution < 1.29 is 24.2 Å². The van der Waals surface area contributed by atoms with Gasteiger partial charge in [0.1, 0.15) is 16.2 Å². The Morgan fingerprint density at radius 3 is 2.29 bits per heavy atom. The second-order valence-electron chi connectivity index (χ2n) is 5.06. The Bertz CT molecular complexity index is 581. The number of carbonyl (C=O) groups is 2. The van der Waals surface area contributed by atoms with Gasteiger partial charge in [0.05, 0.1) is 17.8 Å². The quantitative estimate of drug-likeness (QED) is 0.870. The third-order valence-electron chi connectivity index (χ3n) is 2.23. The molecule has 1 rings (SSSR count). The van der Waals surface area contributed by atoms with Gasteiger partial charge in [-0.2, -0.15) is 0 Å². The molecule has 1 aromatic rings. The van der Waals surface area contributed by atoms with Gasteiger partial charge in [-0.05, 0) is 26.8 Å². The first-order valence-electron chi connectivity index (χ1n) is 5.86. The molecule has 0 aliphatic heterocycles. The van der Waals surface area contributed by atoms with Gasteiger partial charge in [0, 0.05) is 0 Å². The van der Waals surface area contributed by atoms with Crippen molar-refractivity contribution in [1.82, 2.24) is 0 Å². The summed E-state index contributed by atoms with van der Waals surface area (Å²) >= 11 is 11.9. The van der Waals surface area contributed by atoms with Gasteiger partial charge in [0.15, 0.2) is 5.75 Å². The lowest BCUT2D eigenvalue weighted by Crippen LogP contribution is -2.27. The first-order valence-corrected chi connectivity index (χ1v) is 6.61. The third kappa shape index (κ3) is 4.41. The number of rotatable bonds is 3. The lowest BCUT2D eigenvalue weighted by molar-refractivity contribution is 0.0636. The molecule has 0 aromatic heterocycles. The van der Waals surface area contributed by atoms with Gasteiger partial charge in [-0.3, -0.25) is 5.32 Å². The second-order valence-corrected chi connectivity index (χ2v) is 5.85. The van der Waals surface area contributed by atoms with E-state index in [9.17, 15) is 14.7 Å². The number of hydrogen-bond donors (Lipinski definition) is 2.